The lowest BCUT2D eigenvalue weighted by Crippen LogP contribution is -2.41. The first kappa shape index (κ1) is 15.7. The van der Waals surface area contributed by atoms with Gasteiger partial charge in [0.05, 0.1) is 5.60 Å². The van der Waals surface area contributed by atoms with E-state index in [1.807, 2.05) is 13.8 Å². The van der Waals surface area contributed by atoms with Gasteiger partial charge in [0.1, 0.15) is 0 Å². The predicted molar refractivity (Wildman–Crippen MR) is 78.6 cm³/mol. The van der Waals surface area contributed by atoms with Crippen LogP contribution in [0.5, 0.6) is 0 Å². The van der Waals surface area contributed by atoms with Gasteiger partial charge in [0.25, 0.3) is 0 Å². The molecule has 0 radical (unpaired) electrons. The van der Waals surface area contributed by atoms with Crippen molar-refractivity contribution < 1.29 is 5.11 Å². The van der Waals surface area contributed by atoms with Crippen LogP contribution in [0.1, 0.15) is 60.3 Å². The molecule has 0 bridgehead atoms. The number of hydrogen-bond donors (Lipinski definition) is 2. The zero-order valence-corrected chi connectivity index (χ0v) is 12.8. The van der Waals surface area contributed by atoms with Crippen molar-refractivity contribution in [1.82, 2.24) is 5.32 Å². The monoisotopic (exact) mass is 253 g/mol. The van der Waals surface area contributed by atoms with Gasteiger partial charge in [-0.3, -0.25) is 0 Å². The van der Waals surface area contributed by atoms with Gasteiger partial charge in [-0.2, -0.15) is 0 Å². The third-order valence-electron chi connectivity index (χ3n) is 4.03. The Morgan fingerprint density at radius 1 is 1.39 bits per heavy atom. The van der Waals surface area contributed by atoms with Crippen LogP contribution in [-0.4, -0.2) is 23.3 Å². The van der Waals surface area contributed by atoms with Crippen LogP contribution in [-0.2, 0) is 0 Å². The molecule has 3 unspecified atom stereocenters. The van der Waals surface area contributed by atoms with Crippen LogP contribution in [0.4, 0.5) is 0 Å². The van der Waals surface area contributed by atoms with E-state index in [-0.39, 0.29) is 0 Å². The molecule has 3 atom stereocenters. The molecular formula is C16H31NO. The summed E-state index contributed by atoms with van der Waals surface area (Å²) in [4.78, 5) is 0. The average Bonchev–Trinajstić information content (AvgIpc) is 2.24. The molecule has 18 heavy (non-hydrogen) atoms. The van der Waals surface area contributed by atoms with E-state index in [9.17, 15) is 5.11 Å². The van der Waals surface area contributed by atoms with Crippen molar-refractivity contribution in [1.29, 1.82) is 0 Å². The third kappa shape index (κ3) is 5.11. The van der Waals surface area contributed by atoms with Crippen molar-refractivity contribution in [2.45, 2.75) is 71.9 Å². The van der Waals surface area contributed by atoms with Gasteiger partial charge >= 0.3 is 0 Å². The van der Waals surface area contributed by atoms with E-state index < -0.39 is 5.60 Å². The summed E-state index contributed by atoms with van der Waals surface area (Å²) in [7, 11) is 0. The minimum Gasteiger partial charge on any atom is -0.390 e. The normalized spacial score (nSPS) is 31.9. The van der Waals surface area contributed by atoms with Crippen LogP contribution in [0.25, 0.3) is 0 Å². The maximum Gasteiger partial charge on any atom is 0.0592 e. The highest BCUT2D eigenvalue weighted by molar-refractivity contribution is 5.15. The first-order valence-corrected chi connectivity index (χ1v) is 7.44. The quantitative estimate of drug-likeness (QED) is 0.580. The Balaban J connectivity index is 2.40. The van der Waals surface area contributed by atoms with Gasteiger partial charge in [-0.15, -0.1) is 0 Å². The predicted octanol–water partition coefficient (Wildman–Crippen LogP) is 3.51. The fourth-order valence-electron chi connectivity index (χ4n) is 3.16. The summed E-state index contributed by atoms with van der Waals surface area (Å²) in [5, 5.41) is 13.4. The minimum absolute atomic E-state index is 0.530. The van der Waals surface area contributed by atoms with Crippen LogP contribution in [0.3, 0.4) is 0 Å². The van der Waals surface area contributed by atoms with Crippen LogP contribution in [0, 0.1) is 11.8 Å². The van der Waals surface area contributed by atoms with E-state index in [2.05, 4.69) is 32.2 Å². The van der Waals surface area contributed by atoms with Crippen LogP contribution in [0.2, 0.25) is 0 Å². The zero-order valence-electron chi connectivity index (χ0n) is 12.8. The SMILES string of the molecule is C/C=C1\CC(C)CC(C)C1NCCCC(C)(C)O. The molecule has 1 rings (SSSR count). The summed E-state index contributed by atoms with van der Waals surface area (Å²) in [6, 6.07) is 0.549. The number of allylic oxidation sites excluding steroid dienone is 1. The van der Waals surface area contributed by atoms with E-state index in [4.69, 9.17) is 0 Å². The van der Waals surface area contributed by atoms with Crippen LogP contribution >= 0.6 is 0 Å². The Kier molecular flexibility index (Phi) is 5.87. The Morgan fingerprint density at radius 2 is 2.06 bits per heavy atom. The van der Waals surface area contributed by atoms with E-state index in [1.165, 1.54) is 12.8 Å². The molecule has 0 heterocycles. The molecule has 1 aliphatic carbocycles. The van der Waals surface area contributed by atoms with Gasteiger partial charge in [-0.1, -0.05) is 25.5 Å². The molecule has 0 saturated heterocycles. The molecule has 0 aromatic carbocycles. The van der Waals surface area contributed by atoms with Crippen molar-refractivity contribution in [2.24, 2.45) is 11.8 Å². The number of rotatable bonds is 5. The van der Waals surface area contributed by atoms with Gasteiger partial charge in [0, 0.05) is 6.04 Å². The van der Waals surface area contributed by atoms with Gasteiger partial charge in [0.2, 0.25) is 0 Å². The molecule has 2 N–H and O–H groups in total. The first-order chi connectivity index (χ1) is 8.33. The van der Waals surface area contributed by atoms with E-state index >= 15 is 0 Å². The van der Waals surface area contributed by atoms with Gasteiger partial charge in [-0.25, -0.2) is 0 Å². The molecule has 0 aromatic heterocycles. The second kappa shape index (κ2) is 6.72. The molecule has 1 fully saturated rings. The smallest absolute Gasteiger partial charge is 0.0592 e. The Labute approximate surface area is 113 Å². The van der Waals surface area contributed by atoms with Crippen molar-refractivity contribution in [2.75, 3.05) is 6.54 Å². The van der Waals surface area contributed by atoms with E-state index in [1.54, 1.807) is 5.57 Å². The molecule has 1 aliphatic rings. The van der Waals surface area contributed by atoms with Gasteiger partial charge < -0.3 is 10.4 Å². The molecular weight excluding hydrogens is 222 g/mol. The summed E-state index contributed by atoms with van der Waals surface area (Å²) in [5.41, 5.74) is 1.04. The lowest BCUT2D eigenvalue weighted by atomic mass is 9.76. The lowest BCUT2D eigenvalue weighted by molar-refractivity contribution is 0.0684. The largest absolute Gasteiger partial charge is 0.390 e. The number of aliphatic hydroxyl groups is 1. The summed E-state index contributed by atoms with van der Waals surface area (Å²) < 4.78 is 0. The van der Waals surface area contributed by atoms with Gasteiger partial charge in [-0.05, 0) is 64.8 Å². The molecule has 2 heteroatoms. The van der Waals surface area contributed by atoms with Gasteiger partial charge in [0.15, 0.2) is 0 Å². The molecule has 0 aliphatic heterocycles. The fourth-order valence-corrected chi connectivity index (χ4v) is 3.16. The third-order valence-corrected chi connectivity index (χ3v) is 4.03. The first-order valence-electron chi connectivity index (χ1n) is 7.44. The molecule has 0 aromatic rings. The zero-order chi connectivity index (χ0) is 13.8. The highest BCUT2D eigenvalue weighted by atomic mass is 16.3. The summed E-state index contributed by atoms with van der Waals surface area (Å²) in [6.45, 7) is 11.6. The molecule has 2 nitrogen and oxygen atoms in total. The van der Waals surface area contributed by atoms with Crippen LogP contribution < -0.4 is 5.32 Å². The molecule has 0 spiro atoms. The summed E-state index contributed by atoms with van der Waals surface area (Å²) in [5.74, 6) is 1.54. The molecule has 0 amide bonds. The molecule has 1 saturated carbocycles. The molecule has 106 valence electrons. The maximum absolute atomic E-state index is 9.70. The number of nitrogens with one attached hydrogen (secondary N) is 1. The van der Waals surface area contributed by atoms with Crippen molar-refractivity contribution in [3.63, 3.8) is 0 Å². The second-order valence-electron chi connectivity index (χ2n) is 6.73. The summed E-state index contributed by atoms with van der Waals surface area (Å²) >= 11 is 0. The van der Waals surface area contributed by atoms with Crippen molar-refractivity contribution in [3.8, 4) is 0 Å². The highest BCUT2D eigenvalue weighted by Gasteiger charge is 2.28. The highest BCUT2D eigenvalue weighted by Crippen LogP contribution is 2.32. The minimum atomic E-state index is -0.530. The van der Waals surface area contributed by atoms with Crippen LogP contribution in [0.15, 0.2) is 11.6 Å². The number of hydrogen-bond acceptors (Lipinski definition) is 2. The van der Waals surface area contributed by atoms with Crippen molar-refractivity contribution >= 4 is 0 Å². The standard InChI is InChI=1S/C16H31NO/c1-6-14-11-12(2)10-13(3)15(14)17-9-7-8-16(4,5)18/h6,12-13,15,17-18H,7-11H2,1-5H3/b14-6+. The van der Waals surface area contributed by atoms with E-state index in [0.29, 0.717) is 6.04 Å². The van der Waals surface area contributed by atoms with E-state index in [0.717, 1.165) is 31.2 Å². The fraction of sp³-hybridized carbons (Fsp3) is 0.875. The Hall–Kier alpha value is -0.340. The lowest BCUT2D eigenvalue weighted by Gasteiger charge is -2.36. The topological polar surface area (TPSA) is 32.3 Å². The Morgan fingerprint density at radius 3 is 2.61 bits per heavy atom. The van der Waals surface area contributed by atoms with Crippen molar-refractivity contribution in [3.05, 3.63) is 11.6 Å². The Bertz CT molecular complexity index is 277. The average molecular weight is 253 g/mol. The maximum atomic E-state index is 9.70. The second-order valence-corrected chi connectivity index (χ2v) is 6.73. The summed E-state index contributed by atoms with van der Waals surface area (Å²) in [6.07, 6.45) is 6.76.